The number of hydrogen-bond donors (Lipinski definition) is 2. The van der Waals surface area contributed by atoms with Crippen molar-refractivity contribution in [3.63, 3.8) is 0 Å². The molecule has 0 amide bonds. The Hall–Kier alpha value is -3.74. The van der Waals surface area contributed by atoms with Gasteiger partial charge in [0.05, 0.1) is 11.3 Å². The van der Waals surface area contributed by atoms with Crippen molar-refractivity contribution >= 4 is 22.9 Å². The molecule has 0 radical (unpaired) electrons. The van der Waals surface area contributed by atoms with E-state index in [1.54, 1.807) is 0 Å². The Kier molecular flexibility index (Phi) is 5.58. The van der Waals surface area contributed by atoms with Crippen LogP contribution in [-0.2, 0) is 11.6 Å². The summed E-state index contributed by atoms with van der Waals surface area (Å²) in [6.45, 7) is 7.00. The van der Waals surface area contributed by atoms with Crippen LogP contribution in [0.2, 0.25) is 0 Å². The predicted molar refractivity (Wildman–Crippen MR) is 135 cm³/mol. The van der Waals surface area contributed by atoms with E-state index in [2.05, 4.69) is 77.7 Å². The van der Waals surface area contributed by atoms with E-state index >= 15 is 0 Å². The molecule has 0 aliphatic carbocycles. The average Bonchev–Trinajstić information content (AvgIpc) is 2.83. The van der Waals surface area contributed by atoms with Crippen LogP contribution in [0, 0.1) is 0 Å². The molecule has 5 rings (SSSR count). The first-order chi connectivity index (χ1) is 16.6. The summed E-state index contributed by atoms with van der Waals surface area (Å²) < 4.78 is 38.7. The quantitative estimate of drug-likeness (QED) is 0.409. The number of fused-ring (bicyclic) bond motifs is 3. The first-order valence-electron chi connectivity index (χ1n) is 11.5. The first kappa shape index (κ1) is 23.0. The number of para-hydroxylation sites is 1. The number of aliphatic imine (C=N–C) groups is 1. The maximum atomic E-state index is 12.9. The molecule has 0 fully saturated rings. The maximum Gasteiger partial charge on any atom is 0.416 e. The Morgan fingerprint density at radius 3 is 2.20 bits per heavy atom. The van der Waals surface area contributed by atoms with E-state index in [-0.39, 0.29) is 11.6 Å². The van der Waals surface area contributed by atoms with Gasteiger partial charge < -0.3 is 15.5 Å². The molecule has 35 heavy (non-hydrogen) atoms. The van der Waals surface area contributed by atoms with Gasteiger partial charge in [0.2, 0.25) is 0 Å². The molecule has 180 valence electrons. The van der Waals surface area contributed by atoms with Gasteiger partial charge in [0.15, 0.2) is 0 Å². The normalized spacial score (nSPS) is 17.5. The molecule has 3 aromatic carbocycles. The van der Waals surface area contributed by atoms with E-state index in [0.29, 0.717) is 18.2 Å². The van der Waals surface area contributed by atoms with Crippen LogP contribution in [0.5, 0.6) is 0 Å². The van der Waals surface area contributed by atoms with Gasteiger partial charge in [0.1, 0.15) is 18.7 Å². The fraction of sp³-hybridized carbons (Fsp3) is 0.250. The van der Waals surface area contributed by atoms with Crippen LogP contribution >= 0.6 is 0 Å². The van der Waals surface area contributed by atoms with Crippen molar-refractivity contribution in [3.8, 4) is 0 Å². The Morgan fingerprint density at radius 2 is 1.54 bits per heavy atom. The Bertz CT molecular complexity index is 1280. The molecule has 0 spiro atoms. The van der Waals surface area contributed by atoms with Crippen LogP contribution in [-0.4, -0.2) is 17.4 Å². The first-order valence-corrected chi connectivity index (χ1v) is 11.5. The van der Waals surface area contributed by atoms with E-state index < -0.39 is 11.7 Å². The molecule has 1 atom stereocenters. The lowest BCUT2D eigenvalue weighted by atomic mass is 9.86. The summed E-state index contributed by atoms with van der Waals surface area (Å²) >= 11 is 0. The minimum Gasteiger partial charge on any atom is -0.361 e. The molecule has 0 aromatic heterocycles. The molecule has 3 aromatic rings. The van der Waals surface area contributed by atoms with E-state index in [4.69, 9.17) is 0 Å². The van der Waals surface area contributed by atoms with E-state index in [1.165, 1.54) is 17.7 Å². The number of anilines is 2. The molecule has 0 bridgehead atoms. The zero-order valence-corrected chi connectivity index (χ0v) is 19.8. The number of amidine groups is 1. The molecule has 0 saturated heterocycles. The zero-order valence-electron chi connectivity index (χ0n) is 19.8. The van der Waals surface area contributed by atoms with Gasteiger partial charge in [0.25, 0.3) is 0 Å². The smallest absolute Gasteiger partial charge is 0.361 e. The summed E-state index contributed by atoms with van der Waals surface area (Å²) in [6, 6.07) is 21.8. The number of alkyl halides is 3. The molecule has 1 unspecified atom stereocenters. The van der Waals surface area contributed by atoms with E-state index in [1.807, 2.05) is 18.2 Å². The van der Waals surface area contributed by atoms with Crippen molar-refractivity contribution in [2.45, 2.75) is 38.5 Å². The van der Waals surface area contributed by atoms with Crippen molar-refractivity contribution < 1.29 is 13.2 Å². The number of hydrogen-bond acceptors (Lipinski definition) is 4. The second kappa shape index (κ2) is 8.48. The third-order valence-corrected chi connectivity index (χ3v) is 6.36. The fourth-order valence-corrected chi connectivity index (χ4v) is 4.39. The molecule has 0 saturated carbocycles. The van der Waals surface area contributed by atoms with Crippen LogP contribution in [0.3, 0.4) is 0 Å². The fourth-order valence-electron chi connectivity index (χ4n) is 4.39. The third kappa shape index (κ3) is 4.63. The topological polar surface area (TPSA) is 39.7 Å². The summed E-state index contributed by atoms with van der Waals surface area (Å²) in [4.78, 5) is 6.88. The van der Waals surface area contributed by atoms with Crippen LogP contribution < -0.4 is 10.6 Å². The summed E-state index contributed by atoms with van der Waals surface area (Å²) in [5.74, 6) is 0.606. The van der Waals surface area contributed by atoms with Gasteiger partial charge in [-0.2, -0.15) is 13.2 Å². The molecule has 7 heteroatoms. The molecule has 4 nitrogen and oxygen atoms in total. The highest BCUT2D eigenvalue weighted by Gasteiger charge is 2.32. The lowest BCUT2D eigenvalue weighted by Gasteiger charge is -2.42. The van der Waals surface area contributed by atoms with Gasteiger partial charge in [0, 0.05) is 23.0 Å². The number of rotatable bonds is 2. The van der Waals surface area contributed by atoms with E-state index in [0.717, 1.165) is 34.6 Å². The SMILES string of the molecule is CC(C)(C)c1ccc(C2Nc3ccccc3C3=CC(Nc4ccc(C(F)(F)F)cc4)=NCN32)cc1. The molecule has 2 N–H and O–H groups in total. The van der Waals surface area contributed by atoms with Gasteiger partial charge in [-0.3, -0.25) is 0 Å². The number of halogens is 3. The summed E-state index contributed by atoms with van der Waals surface area (Å²) in [5, 5.41) is 6.81. The second-order valence-electron chi connectivity index (χ2n) is 9.85. The molecule has 2 aliphatic rings. The largest absolute Gasteiger partial charge is 0.416 e. The molecular formula is C28H27F3N4. The minimum absolute atomic E-state index is 0.0739. The number of nitrogens with one attached hydrogen (secondary N) is 2. The Labute approximate surface area is 203 Å². The van der Waals surface area contributed by atoms with Gasteiger partial charge >= 0.3 is 6.18 Å². The zero-order chi connectivity index (χ0) is 24.8. The van der Waals surface area contributed by atoms with Crippen molar-refractivity contribution in [2.24, 2.45) is 4.99 Å². The Morgan fingerprint density at radius 1 is 0.886 bits per heavy atom. The highest BCUT2D eigenvalue weighted by Crippen LogP contribution is 2.41. The highest BCUT2D eigenvalue weighted by molar-refractivity contribution is 6.09. The van der Waals surface area contributed by atoms with Gasteiger partial charge in [-0.05, 0) is 46.9 Å². The Balaban J connectivity index is 1.44. The van der Waals surface area contributed by atoms with Gasteiger partial charge in [-0.25, -0.2) is 4.99 Å². The maximum absolute atomic E-state index is 12.9. The standard InChI is InChI=1S/C28H27F3N4/c1-27(2,3)19-10-8-18(9-11-19)26-34-23-7-5-4-6-22(23)24-16-25(32-17-35(24)26)33-21-14-12-20(13-15-21)28(29,30)31/h4-16,26,34H,17H2,1-3H3,(H,32,33). The summed E-state index contributed by atoms with van der Waals surface area (Å²) in [7, 11) is 0. The van der Waals surface area contributed by atoms with Gasteiger partial charge in [-0.1, -0.05) is 63.2 Å². The number of benzene rings is 3. The number of nitrogens with zero attached hydrogens (tertiary/aromatic N) is 2. The van der Waals surface area contributed by atoms with Crippen LogP contribution in [0.4, 0.5) is 24.5 Å². The van der Waals surface area contributed by atoms with Crippen molar-refractivity contribution in [3.05, 3.63) is 101 Å². The summed E-state index contributed by atoms with van der Waals surface area (Å²) in [5.41, 5.74) is 5.44. The average molecular weight is 477 g/mol. The second-order valence-corrected chi connectivity index (χ2v) is 9.85. The van der Waals surface area contributed by atoms with Crippen LogP contribution in [0.1, 0.15) is 49.2 Å². The predicted octanol–water partition coefficient (Wildman–Crippen LogP) is 7.25. The van der Waals surface area contributed by atoms with Crippen molar-refractivity contribution in [1.29, 1.82) is 0 Å². The van der Waals surface area contributed by atoms with Crippen molar-refractivity contribution in [2.75, 3.05) is 17.3 Å². The highest BCUT2D eigenvalue weighted by atomic mass is 19.4. The molecule has 2 heterocycles. The lowest BCUT2D eigenvalue weighted by Crippen LogP contribution is -2.39. The lowest BCUT2D eigenvalue weighted by molar-refractivity contribution is -0.137. The summed E-state index contributed by atoms with van der Waals surface area (Å²) in [6.07, 6.45) is -2.50. The third-order valence-electron chi connectivity index (χ3n) is 6.36. The van der Waals surface area contributed by atoms with Crippen LogP contribution in [0.25, 0.3) is 5.70 Å². The van der Waals surface area contributed by atoms with Crippen LogP contribution in [0.15, 0.2) is 83.9 Å². The van der Waals surface area contributed by atoms with Gasteiger partial charge in [-0.15, -0.1) is 0 Å². The van der Waals surface area contributed by atoms with Crippen molar-refractivity contribution in [1.82, 2.24) is 4.90 Å². The molecular weight excluding hydrogens is 449 g/mol. The van der Waals surface area contributed by atoms with E-state index in [9.17, 15) is 13.2 Å². The minimum atomic E-state index is -4.36. The molecule has 2 aliphatic heterocycles. The monoisotopic (exact) mass is 476 g/mol.